The van der Waals surface area contributed by atoms with E-state index in [1.807, 2.05) is 6.07 Å². The van der Waals surface area contributed by atoms with E-state index in [0.29, 0.717) is 16.6 Å². The van der Waals surface area contributed by atoms with Crippen LogP contribution in [0.15, 0.2) is 24.4 Å². The van der Waals surface area contributed by atoms with E-state index in [9.17, 15) is 4.39 Å². The summed E-state index contributed by atoms with van der Waals surface area (Å²) in [5, 5.41) is 1.06. The van der Waals surface area contributed by atoms with Gasteiger partial charge < -0.3 is 4.23 Å². The maximum Gasteiger partial charge on any atom is 0.169 e. The van der Waals surface area contributed by atoms with Gasteiger partial charge in [-0.3, -0.25) is 0 Å². The minimum absolute atomic E-state index is 0.0839. The highest BCUT2D eigenvalue weighted by Gasteiger charge is 2.46. The lowest BCUT2D eigenvalue weighted by Gasteiger charge is -2.44. The normalized spacial score (nSPS) is 13.1. The van der Waals surface area contributed by atoms with E-state index in [1.54, 1.807) is 6.07 Å². The zero-order valence-electron chi connectivity index (χ0n) is 14.4. The van der Waals surface area contributed by atoms with Gasteiger partial charge in [0.25, 0.3) is 0 Å². The van der Waals surface area contributed by atoms with Gasteiger partial charge in [0.2, 0.25) is 0 Å². The van der Waals surface area contributed by atoms with E-state index in [-0.39, 0.29) is 5.82 Å². The molecule has 0 atom stereocenters. The van der Waals surface area contributed by atoms with Crippen molar-refractivity contribution in [2.45, 2.75) is 65.1 Å². The van der Waals surface area contributed by atoms with Crippen molar-refractivity contribution in [2.75, 3.05) is 0 Å². The first-order valence-electron chi connectivity index (χ1n) is 8.01. The molecule has 0 saturated carbocycles. The molecule has 0 aliphatic carbocycles. The van der Waals surface area contributed by atoms with Crippen molar-refractivity contribution in [3.8, 4) is 0 Å². The molecule has 0 bridgehead atoms. The second kappa shape index (κ2) is 5.60. The van der Waals surface area contributed by atoms with Gasteiger partial charge in [-0.25, -0.2) is 4.39 Å². The van der Waals surface area contributed by atoms with E-state index in [0.717, 1.165) is 16.5 Å². The molecule has 116 valence electrons. The molecule has 21 heavy (non-hydrogen) atoms. The number of aryl methyl sites for hydroxylation is 1. The van der Waals surface area contributed by atoms with Crippen LogP contribution in [0.1, 0.15) is 47.1 Å². The van der Waals surface area contributed by atoms with Gasteiger partial charge in [-0.1, -0.05) is 47.6 Å². The van der Waals surface area contributed by atoms with E-state index in [1.165, 1.54) is 0 Å². The summed E-state index contributed by atoms with van der Waals surface area (Å²) in [7, 11) is -1.89. The summed E-state index contributed by atoms with van der Waals surface area (Å²) in [5.74, 6) is -0.0839. The summed E-state index contributed by atoms with van der Waals surface area (Å²) in [6, 6.07) is 5.60. The molecular weight excluding hydrogens is 277 g/mol. The van der Waals surface area contributed by atoms with Crippen LogP contribution >= 0.6 is 0 Å². The van der Waals surface area contributed by atoms with Crippen molar-refractivity contribution in [3.63, 3.8) is 0 Å². The van der Waals surface area contributed by atoms with Crippen LogP contribution in [0.2, 0.25) is 16.6 Å². The number of hydrogen-bond donors (Lipinski definition) is 0. The van der Waals surface area contributed by atoms with Crippen molar-refractivity contribution in [2.24, 2.45) is 0 Å². The smallest absolute Gasteiger partial charge is 0.169 e. The molecule has 0 spiro atoms. The molecule has 0 unspecified atom stereocenters. The lowest BCUT2D eigenvalue weighted by molar-refractivity contribution is 0.633. The second-order valence-electron chi connectivity index (χ2n) is 7.16. The first-order chi connectivity index (χ1) is 9.74. The number of rotatable bonds is 4. The lowest BCUT2D eigenvalue weighted by atomic mass is 10.1. The van der Waals surface area contributed by atoms with Crippen molar-refractivity contribution >= 4 is 19.1 Å². The van der Waals surface area contributed by atoms with Gasteiger partial charge in [0.15, 0.2) is 8.24 Å². The minimum Gasteiger partial charge on any atom is -0.371 e. The molecule has 3 heteroatoms. The summed E-state index contributed by atoms with van der Waals surface area (Å²) in [5.41, 5.74) is 3.66. The van der Waals surface area contributed by atoms with Gasteiger partial charge in [-0.05, 0) is 47.4 Å². The quantitative estimate of drug-likeness (QED) is 0.600. The molecule has 1 aromatic heterocycles. The second-order valence-corrected chi connectivity index (χ2v) is 12.9. The zero-order chi connectivity index (χ0) is 15.9. The van der Waals surface area contributed by atoms with Crippen LogP contribution in [-0.2, 0) is 0 Å². The van der Waals surface area contributed by atoms with E-state index in [4.69, 9.17) is 0 Å². The van der Waals surface area contributed by atoms with Crippen molar-refractivity contribution in [3.05, 3.63) is 35.8 Å². The average molecular weight is 306 g/mol. The number of hydrogen-bond acceptors (Lipinski definition) is 0. The Morgan fingerprint density at radius 2 is 1.43 bits per heavy atom. The third-order valence-corrected chi connectivity index (χ3v) is 12.0. The Morgan fingerprint density at radius 3 is 1.90 bits per heavy atom. The van der Waals surface area contributed by atoms with E-state index < -0.39 is 8.24 Å². The molecular formula is C18H28FNSi. The SMILES string of the molecule is Cc1ccc(F)c2c1ccn2[Si](C(C)C)(C(C)C)C(C)C. The third-order valence-electron chi connectivity index (χ3n) is 5.21. The van der Waals surface area contributed by atoms with Crippen LogP contribution in [-0.4, -0.2) is 12.5 Å². The Balaban J connectivity index is 2.87. The fourth-order valence-electron chi connectivity index (χ4n) is 4.52. The number of aromatic nitrogens is 1. The number of nitrogens with zero attached hydrogens (tertiary/aromatic N) is 1. The molecule has 1 heterocycles. The monoisotopic (exact) mass is 305 g/mol. The number of benzene rings is 1. The maximum absolute atomic E-state index is 14.6. The standard InChI is InChI=1S/C18H28FNSi/c1-12(2)21(13(3)4,14(5)6)20-11-10-16-15(7)8-9-17(19)18(16)20/h8-14H,1-7H3. The van der Waals surface area contributed by atoms with Gasteiger partial charge in [0.05, 0.1) is 5.52 Å². The highest BCUT2D eigenvalue weighted by atomic mass is 28.3. The Morgan fingerprint density at radius 1 is 0.905 bits per heavy atom. The fourth-order valence-corrected chi connectivity index (χ4v) is 11.1. The van der Waals surface area contributed by atoms with Gasteiger partial charge >= 0.3 is 0 Å². The molecule has 1 nitrogen and oxygen atoms in total. The number of halogens is 1. The summed E-state index contributed by atoms with van der Waals surface area (Å²) in [6.45, 7) is 15.9. The Labute approximate surface area is 129 Å². The van der Waals surface area contributed by atoms with Crippen LogP contribution in [0.3, 0.4) is 0 Å². The lowest BCUT2D eigenvalue weighted by Crippen LogP contribution is -2.51. The van der Waals surface area contributed by atoms with Crippen LogP contribution in [0.25, 0.3) is 10.9 Å². The van der Waals surface area contributed by atoms with E-state index >= 15 is 0 Å². The highest BCUT2D eigenvalue weighted by molar-refractivity contribution is 6.82. The van der Waals surface area contributed by atoms with Crippen molar-refractivity contribution in [1.29, 1.82) is 0 Å². The molecule has 0 fully saturated rings. The van der Waals surface area contributed by atoms with Gasteiger partial charge in [-0.2, -0.15) is 0 Å². The first-order valence-corrected chi connectivity index (χ1v) is 10.2. The zero-order valence-corrected chi connectivity index (χ0v) is 15.4. The van der Waals surface area contributed by atoms with E-state index in [2.05, 4.69) is 65.0 Å². The molecule has 0 saturated heterocycles. The Hall–Kier alpha value is -1.09. The van der Waals surface area contributed by atoms with Crippen molar-refractivity contribution < 1.29 is 4.39 Å². The highest BCUT2D eigenvalue weighted by Crippen LogP contribution is 2.44. The molecule has 0 aliphatic rings. The van der Waals surface area contributed by atoms with Gasteiger partial charge in [0, 0.05) is 5.39 Å². The van der Waals surface area contributed by atoms with Crippen LogP contribution in [0, 0.1) is 12.7 Å². The third kappa shape index (κ3) is 2.26. The minimum atomic E-state index is -1.89. The predicted molar refractivity (Wildman–Crippen MR) is 93.1 cm³/mol. The molecule has 0 radical (unpaired) electrons. The predicted octanol–water partition coefficient (Wildman–Crippen LogP) is 6.11. The molecule has 0 aliphatic heterocycles. The van der Waals surface area contributed by atoms with Crippen LogP contribution in [0.4, 0.5) is 4.39 Å². The molecule has 0 N–H and O–H groups in total. The first kappa shape index (κ1) is 16.3. The van der Waals surface area contributed by atoms with Crippen molar-refractivity contribution in [1.82, 2.24) is 4.23 Å². The average Bonchev–Trinajstić information content (AvgIpc) is 2.79. The largest absolute Gasteiger partial charge is 0.371 e. The molecule has 1 aromatic carbocycles. The fraction of sp³-hybridized carbons (Fsp3) is 0.556. The van der Waals surface area contributed by atoms with Gasteiger partial charge in [-0.15, -0.1) is 0 Å². The maximum atomic E-state index is 14.6. The summed E-state index contributed by atoms with van der Waals surface area (Å²) in [6.07, 6.45) is 2.15. The Kier molecular flexibility index (Phi) is 4.34. The Bertz CT molecular complexity index is 618. The topological polar surface area (TPSA) is 4.93 Å². The summed E-state index contributed by atoms with van der Waals surface area (Å²) < 4.78 is 16.9. The summed E-state index contributed by atoms with van der Waals surface area (Å²) >= 11 is 0. The van der Waals surface area contributed by atoms with Crippen LogP contribution < -0.4 is 0 Å². The van der Waals surface area contributed by atoms with Crippen LogP contribution in [0.5, 0.6) is 0 Å². The van der Waals surface area contributed by atoms with Gasteiger partial charge in [0.1, 0.15) is 5.82 Å². The molecule has 2 aromatic rings. The number of fused-ring (bicyclic) bond motifs is 1. The summed E-state index contributed by atoms with van der Waals surface area (Å²) in [4.78, 5) is 0. The molecule has 2 rings (SSSR count). The molecule has 0 amide bonds.